The first-order valence-corrected chi connectivity index (χ1v) is 6.56. The highest BCUT2D eigenvalue weighted by Crippen LogP contribution is 2.22. The molecule has 0 fully saturated rings. The van der Waals surface area contributed by atoms with Gasteiger partial charge in [-0.2, -0.15) is 0 Å². The highest BCUT2D eigenvalue weighted by Gasteiger charge is 2.08. The SMILES string of the molecule is CC(NCc1cccn1C)c1ccccc1Br. The molecule has 1 N–H and O–H groups in total. The van der Waals surface area contributed by atoms with Crippen LogP contribution in [0, 0.1) is 0 Å². The van der Waals surface area contributed by atoms with Crippen molar-refractivity contribution in [2.24, 2.45) is 7.05 Å². The van der Waals surface area contributed by atoms with Gasteiger partial charge in [0.15, 0.2) is 0 Å². The van der Waals surface area contributed by atoms with E-state index < -0.39 is 0 Å². The molecule has 90 valence electrons. The molecule has 0 aliphatic carbocycles. The Morgan fingerprint density at radius 3 is 2.65 bits per heavy atom. The molecule has 1 unspecified atom stereocenters. The van der Waals surface area contributed by atoms with Gasteiger partial charge in [0.2, 0.25) is 0 Å². The topological polar surface area (TPSA) is 17.0 Å². The fraction of sp³-hybridized carbons (Fsp3) is 0.286. The Morgan fingerprint density at radius 2 is 2.00 bits per heavy atom. The highest BCUT2D eigenvalue weighted by molar-refractivity contribution is 9.10. The Bertz CT molecular complexity index is 490. The molecule has 17 heavy (non-hydrogen) atoms. The minimum atomic E-state index is 0.334. The molecule has 1 aromatic carbocycles. The maximum absolute atomic E-state index is 3.58. The molecule has 0 aliphatic rings. The Hall–Kier alpha value is -1.06. The molecular weight excluding hydrogens is 276 g/mol. The van der Waals surface area contributed by atoms with E-state index in [1.165, 1.54) is 11.3 Å². The lowest BCUT2D eigenvalue weighted by Crippen LogP contribution is -2.19. The van der Waals surface area contributed by atoms with Gasteiger partial charge in [0, 0.05) is 36.0 Å². The quantitative estimate of drug-likeness (QED) is 0.910. The number of nitrogens with one attached hydrogen (secondary N) is 1. The first kappa shape index (κ1) is 12.4. The molecule has 0 amide bonds. The zero-order chi connectivity index (χ0) is 12.3. The van der Waals surface area contributed by atoms with Crippen LogP contribution in [0.15, 0.2) is 47.1 Å². The number of aromatic nitrogens is 1. The predicted octanol–water partition coefficient (Wildman–Crippen LogP) is 3.64. The maximum atomic E-state index is 3.58. The summed E-state index contributed by atoms with van der Waals surface area (Å²) >= 11 is 3.58. The van der Waals surface area contributed by atoms with Gasteiger partial charge in [-0.15, -0.1) is 0 Å². The number of benzene rings is 1. The predicted molar refractivity (Wildman–Crippen MR) is 74.8 cm³/mol. The van der Waals surface area contributed by atoms with Crippen LogP contribution >= 0.6 is 15.9 Å². The van der Waals surface area contributed by atoms with Crippen molar-refractivity contribution < 1.29 is 0 Å². The Kier molecular flexibility index (Phi) is 4.02. The van der Waals surface area contributed by atoms with Crippen LogP contribution in [0.5, 0.6) is 0 Å². The standard InChI is InChI=1S/C14H17BrN2/c1-11(13-7-3-4-8-14(13)15)16-10-12-6-5-9-17(12)2/h3-9,11,16H,10H2,1-2H3. The number of hydrogen-bond donors (Lipinski definition) is 1. The lowest BCUT2D eigenvalue weighted by atomic mass is 10.1. The summed E-state index contributed by atoms with van der Waals surface area (Å²) in [5.74, 6) is 0. The van der Waals surface area contributed by atoms with Crippen LogP contribution in [-0.2, 0) is 13.6 Å². The third-order valence-electron chi connectivity index (χ3n) is 3.01. The monoisotopic (exact) mass is 292 g/mol. The molecule has 2 nitrogen and oxygen atoms in total. The second kappa shape index (κ2) is 5.52. The van der Waals surface area contributed by atoms with E-state index in [1.807, 2.05) is 6.07 Å². The van der Waals surface area contributed by atoms with E-state index in [4.69, 9.17) is 0 Å². The molecule has 0 radical (unpaired) electrons. The van der Waals surface area contributed by atoms with Crippen molar-refractivity contribution in [2.45, 2.75) is 19.5 Å². The van der Waals surface area contributed by atoms with E-state index in [2.05, 4.69) is 76.3 Å². The number of aryl methyl sites for hydroxylation is 1. The second-order valence-corrected chi connectivity index (χ2v) is 5.09. The van der Waals surface area contributed by atoms with E-state index >= 15 is 0 Å². The minimum absolute atomic E-state index is 0.334. The van der Waals surface area contributed by atoms with E-state index in [9.17, 15) is 0 Å². The van der Waals surface area contributed by atoms with Gasteiger partial charge < -0.3 is 9.88 Å². The van der Waals surface area contributed by atoms with Crippen molar-refractivity contribution in [3.8, 4) is 0 Å². The van der Waals surface area contributed by atoms with Gasteiger partial charge in [-0.05, 0) is 30.7 Å². The molecule has 2 aromatic rings. The first-order chi connectivity index (χ1) is 8.18. The Labute approximate surface area is 111 Å². The van der Waals surface area contributed by atoms with Gasteiger partial charge in [0.05, 0.1) is 0 Å². The number of nitrogens with zero attached hydrogens (tertiary/aromatic N) is 1. The number of hydrogen-bond acceptors (Lipinski definition) is 1. The van der Waals surface area contributed by atoms with Crippen molar-refractivity contribution in [1.29, 1.82) is 0 Å². The van der Waals surface area contributed by atoms with Gasteiger partial charge in [-0.1, -0.05) is 34.1 Å². The normalized spacial score (nSPS) is 12.6. The van der Waals surface area contributed by atoms with Gasteiger partial charge in [-0.3, -0.25) is 0 Å². The summed E-state index contributed by atoms with van der Waals surface area (Å²) in [5, 5.41) is 3.53. The fourth-order valence-corrected chi connectivity index (χ4v) is 2.50. The molecule has 1 aromatic heterocycles. The van der Waals surface area contributed by atoms with Gasteiger partial charge in [-0.25, -0.2) is 0 Å². The summed E-state index contributed by atoms with van der Waals surface area (Å²) in [6.45, 7) is 3.06. The van der Waals surface area contributed by atoms with Crippen LogP contribution in [0.2, 0.25) is 0 Å². The largest absolute Gasteiger partial charge is 0.353 e. The summed E-state index contributed by atoms with van der Waals surface area (Å²) in [6.07, 6.45) is 2.07. The zero-order valence-corrected chi connectivity index (χ0v) is 11.7. The maximum Gasteiger partial charge on any atom is 0.0364 e. The van der Waals surface area contributed by atoms with E-state index in [0.717, 1.165) is 11.0 Å². The van der Waals surface area contributed by atoms with Crippen molar-refractivity contribution in [3.63, 3.8) is 0 Å². The van der Waals surface area contributed by atoms with Crippen molar-refractivity contribution >= 4 is 15.9 Å². The van der Waals surface area contributed by atoms with Gasteiger partial charge >= 0.3 is 0 Å². The van der Waals surface area contributed by atoms with Gasteiger partial charge in [0.1, 0.15) is 0 Å². The van der Waals surface area contributed by atoms with Crippen LogP contribution in [0.4, 0.5) is 0 Å². The average Bonchev–Trinajstić information content (AvgIpc) is 2.72. The van der Waals surface area contributed by atoms with Crippen LogP contribution < -0.4 is 5.32 Å². The summed E-state index contributed by atoms with van der Waals surface area (Å²) < 4.78 is 3.30. The highest BCUT2D eigenvalue weighted by atomic mass is 79.9. The van der Waals surface area contributed by atoms with Crippen molar-refractivity contribution in [1.82, 2.24) is 9.88 Å². The van der Waals surface area contributed by atoms with Crippen LogP contribution in [-0.4, -0.2) is 4.57 Å². The molecule has 0 bridgehead atoms. The second-order valence-electron chi connectivity index (χ2n) is 4.23. The summed E-state index contributed by atoms with van der Waals surface area (Å²) in [7, 11) is 2.07. The van der Waals surface area contributed by atoms with E-state index in [0.29, 0.717) is 6.04 Å². The molecule has 1 heterocycles. The van der Waals surface area contributed by atoms with Gasteiger partial charge in [0.25, 0.3) is 0 Å². The zero-order valence-electron chi connectivity index (χ0n) is 10.2. The van der Waals surface area contributed by atoms with Crippen molar-refractivity contribution in [3.05, 3.63) is 58.3 Å². The summed E-state index contributed by atoms with van der Waals surface area (Å²) in [5.41, 5.74) is 2.59. The van der Waals surface area contributed by atoms with Crippen LogP contribution in [0.25, 0.3) is 0 Å². The third-order valence-corrected chi connectivity index (χ3v) is 3.73. The molecule has 0 aliphatic heterocycles. The molecule has 0 saturated carbocycles. The Morgan fingerprint density at radius 1 is 1.24 bits per heavy atom. The smallest absolute Gasteiger partial charge is 0.0364 e. The number of halogens is 1. The van der Waals surface area contributed by atoms with Crippen molar-refractivity contribution in [2.75, 3.05) is 0 Å². The Balaban J connectivity index is 2.01. The van der Waals surface area contributed by atoms with E-state index in [-0.39, 0.29) is 0 Å². The summed E-state index contributed by atoms with van der Waals surface area (Å²) in [6, 6.07) is 12.9. The molecule has 0 saturated heterocycles. The third kappa shape index (κ3) is 2.99. The van der Waals surface area contributed by atoms with E-state index in [1.54, 1.807) is 0 Å². The minimum Gasteiger partial charge on any atom is -0.353 e. The van der Waals surface area contributed by atoms with Crippen LogP contribution in [0.1, 0.15) is 24.2 Å². The van der Waals surface area contributed by atoms with Crippen LogP contribution in [0.3, 0.4) is 0 Å². The molecule has 0 spiro atoms. The molecule has 3 heteroatoms. The summed E-state index contributed by atoms with van der Waals surface area (Å²) in [4.78, 5) is 0. The molecule has 2 rings (SSSR count). The lowest BCUT2D eigenvalue weighted by Gasteiger charge is -2.16. The first-order valence-electron chi connectivity index (χ1n) is 5.76. The molecular formula is C14H17BrN2. The average molecular weight is 293 g/mol. The fourth-order valence-electron chi connectivity index (χ4n) is 1.87. The lowest BCUT2D eigenvalue weighted by molar-refractivity contribution is 0.556. The molecule has 1 atom stereocenters. The number of rotatable bonds is 4.